The summed E-state index contributed by atoms with van der Waals surface area (Å²) < 4.78 is 0. The van der Waals surface area contributed by atoms with Crippen molar-refractivity contribution in [2.24, 2.45) is 4.99 Å². The normalized spacial score (nSPS) is 13.3. The van der Waals surface area contributed by atoms with Gasteiger partial charge in [0.25, 0.3) is 5.69 Å². The fraction of sp³-hybridized carbons (Fsp3) is 0. The minimum atomic E-state index is -0.445. The van der Waals surface area contributed by atoms with Crippen molar-refractivity contribution in [3.8, 4) is 0 Å². The van der Waals surface area contributed by atoms with Gasteiger partial charge in [0.15, 0.2) is 0 Å². The van der Waals surface area contributed by atoms with E-state index in [0.717, 1.165) is 0 Å². The van der Waals surface area contributed by atoms with E-state index in [1.807, 2.05) is 18.2 Å². The van der Waals surface area contributed by atoms with Gasteiger partial charge in [-0.2, -0.15) is 10.2 Å². The number of nitro benzene ring substituents is 1. The van der Waals surface area contributed by atoms with E-state index in [2.05, 4.69) is 25.7 Å². The Morgan fingerprint density at radius 2 is 1.93 bits per heavy atom. The molecule has 1 aliphatic rings. The summed E-state index contributed by atoms with van der Waals surface area (Å²) in [6.45, 7) is 0. The van der Waals surface area contributed by atoms with Gasteiger partial charge in [0.2, 0.25) is 0 Å². The molecule has 0 bridgehead atoms. The molecule has 4 aromatic rings. The van der Waals surface area contributed by atoms with Gasteiger partial charge in [-0.05, 0) is 12.1 Å². The molecule has 29 heavy (non-hydrogen) atoms. The van der Waals surface area contributed by atoms with Crippen LogP contribution in [0.1, 0.15) is 16.8 Å². The standard InChI is InChI=1S/C19H12ClN7O2/c20-13-4-2-1-3-10(13)18-11-7-16(27(28)29)19-12(8-23-26-19)17(11)21-9-15(24-18)14-5-6-22-25-14/h1-9,21H,(H,22,25)(H,23,26). The summed E-state index contributed by atoms with van der Waals surface area (Å²) in [6.07, 6.45) is 4.89. The number of H-pyrrole nitrogens is 2. The quantitative estimate of drug-likeness (QED) is 0.349. The van der Waals surface area contributed by atoms with Gasteiger partial charge in [-0.1, -0.05) is 29.8 Å². The van der Waals surface area contributed by atoms with E-state index in [4.69, 9.17) is 16.6 Å². The predicted molar refractivity (Wildman–Crippen MR) is 110 cm³/mol. The van der Waals surface area contributed by atoms with Crippen molar-refractivity contribution in [2.45, 2.75) is 0 Å². The molecule has 2 aromatic carbocycles. The molecule has 0 unspecified atom stereocenters. The molecule has 0 spiro atoms. The first-order valence-corrected chi connectivity index (χ1v) is 8.96. The Labute approximate surface area is 168 Å². The van der Waals surface area contributed by atoms with E-state index in [0.29, 0.717) is 49.8 Å². The number of aliphatic imine (C=N–C) groups is 1. The maximum atomic E-state index is 11.7. The van der Waals surface area contributed by atoms with Gasteiger partial charge >= 0.3 is 0 Å². The predicted octanol–water partition coefficient (Wildman–Crippen LogP) is 4.11. The summed E-state index contributed by atoms with van der Waals surface area (Å²) in [5, 5.41) is 29.6. The van der Waals surface area contributed by atoms with Crippen molar-refractivity contribution in [1.29, 1.82) is 0 Å². The van der Waals surface area contributed by atoms with Crippen LogP contribution in [0.4, 0.5) is 11.4 Å². The van der Waals surface area contributed by atoms with Crippen molar-refractivity contribution < 1.29 is 4.92 Å². The van der Waals surface area contributed by atoms with Gasteiger partial charge in [0.05, 0.1) is 33.6 Å². The largest absolute Gasteiger partial charge is 0.359 e. The second-order valence-corrected chi connectivity index (χ2v) is 6.73. The van der Waals surface area contributed by atoms with Crippen molar-refractivity contribution in [3.63, 3.8) is 0 Å². The molecule has 1 aliphatic heterocycles. The molecule has 3 heterocycles. The van der Waals surface area contributed by atoms with Crippen LogP contribution in [0.3, 0.4) is 0 Å². The van der Waals surface area contributed by atoms with Crippen molar-refractivity contribution >= 4 is 45.3 Å². The SMILES string of the molecule is O=[N+]([O-])c1cc2c(c3cn[nH]c13)NC=C(c1ccn[nH]1)N=C2c1ccccc1Cl. The van der Waals surface area contributed by atoms with E-state index >= 15 is 0 Å². The molecule has 0 amide bonds. The molecule has 0 aliphatic carbocycles. The number of non-ortho nitro benzene ring substituents is 1. The monoisotopic (exact) mass is 405 g/mol. The molecule has 142 valence electrons. The van der Waals surface area contributed by atoms with Gasteiger partial charge in [-0.15, -0.1) is 0 Å². The number of aromatic nitrogens is 4. The Hall–Kier alpha value is -3.98. The van der Waals surface area contributed by atoms with Gasteiger partial charge in [0, 0.05) is 34.6 Å². The highest BCUT2D eigenvalue weighted by Gasteiger charge is 2.26. The summed E-state index contributed by atoms with van der Waals surface area (Å²) in [5.41, 5.74) is 3.85. The number of halogens is 1. The van der Waals surface area contributed by atoms with Crippen molar-refractivity contribution in [1.82, 2.24) is 20.4 Å². The molecule has 0 fully saturated rings. The average Bonchev–Trinajstić information content (AvgIpc) is 3.38. The van der Waals surface area contributed by atoms with Crippen LogP contribution in [0, 0.1) is 10.1 Å². The number of hydrogen-bond donors (Lipinski definition) is 3. The highest BCUT2D eigenvalue weighted by molar-refractivity contribution is 6.36. The third-order valence-corrected chi connectivity index (χ3v) is 4.99. The first-order valence-electron chi connectivity index (χ1n) is 8.58. The van der Waals surface area contributed by atoms with Crippen LogP contribution in [-0.2, 0) is 0 Å². The number of hydrogen-bond acceptors (Lipinski definition) is 6. The molecule has 10 heteroatoms. The molecule has 3 N–H and O–H groups in total. The van der Waals surface area contributed by atoms with Crippen LogP contribution < -0.4 is 5.32 Å². The minimum Gasteiger partial charge on any atom is -0.359 e. The first-order chi connectivity index (χ1) is 14.1. The molecular weight excluding hydrogens is 394 g/mol. The van der Waals surface area contributed by atoms with Gasteiger partial charge in [-0.25, -0.2) is 4.99 Å². The van der Waals surface area contributed by atoms with Crippen LogP contribution in [-0.4, -0.2) is 31.0 Å². The van der Waals surface area contributed by atoms with Crippen molar-refractivity contribution in [2.75, 3.05) is 5.32 Å². The average molecular weight is 406 g/mol. The highest BCUT2D eigenvalue weighted by atomic mass is 35.5. The lowest BCUT2D eigenvalue weighted by molar-refractivity contribution is -0.383. The fourth-order valence-electron chi connectivity index (χ4n) is 3.33. The molecule has 2 aromatic heterocycles. The second-order valence-electron chi connectivity index (χ2n) is 6.32. The molecule has 5 rings (SSSR count). The van der Waals surface area contributed by atoms with Crippen molar-refractivity contribution in [3.05, 3.63) is 86.9 Å². The van der Waals surface area contributed by atoms with Crippen LogP contribution in [0.15, 0.2) is 60.0 Å². The lowest BCUT2D eigenvalue weighted by Crippen LogP contribution is -2.07. The third kappa shape index (κ3) is 2.75. The molecule has 0 radical (unpaired) electrons. The van der Waals surface area contributed by atoms with E-state index in [9.17, 15) is 10.1 Å². The van der Waals surface area contributed by atoms with E-state index in [-0.39, 0.29) is 5.69 Å². The zero-order chi connectivity index (χ0) is 20.0. The van der Waals surface area contributed by atoms with Crippen LogP contribution in [0.5, 0.6) is 0 Å². The topological polar surface area (TPSA) is 125 Å². The Kier molecular flexibility index (Phi) is 3.88. The van der Waals surface area contributed by atoms with Crippen LogP contribution in [0.2, 0.25) is 5.02 Å². The molecule has 0 atom stereocenters. The first kappa shape index (κ1) is 17.1. The second kappa shape index (κ2) is 6.57. The smallest absolute Gasteiger partial charge is 0.295 e. The zero-order valence-corrected chi connectivity index (χ0v) is 15.4. The summed E-state index contributed by atoms with van der Waals surface area (Å²) >= 11 is 6.46. The lowest BCUT2D eigenvalue weighted by Gasteiger charge is -2.12. The Morgan fingerprint density at radius 3 is 2.69 bits per heavy atom. The molecular formula is C19H12ClN7O2. The third-order valence-electron chi connectivity index (χ3n) is 4.66. The molecule has 0 saturated carbocycles. The molecule has 0 saturated heterocycles. The van der Waals surface area contributed by atoms with E-state index in [1.54, 1.807) is 30.7 Å². The molecule has 9 nitrogen and oxygen atoms in total. The Bertz CT molecular complexity index is 1320. The minimum absolute atomic E-state index is 0.0946. The lowest BCUT2D eigenvalue weighted by atomic mass is 9.97. The summed E-state index contributed by atoms with van der Waals surface area (Å²) in [5.74, 6) is 0. The number of nitrogens with one attached hydrogen (secondary N) is 3. The van der Waals surface area contributed by atoms with Gasteiger partial charge in [-0.3, -0.25) is 20.3 Å². The Balaban J connectivity index is 1.85. The van der Waals surface area contributed by atoms with E-state index in [1.165, 1.54) is 6.07 Å². The maximum absolute atomic E-state index is 11.7. The van der Waals surface area contributed by atoms with Crippen LogP contribution >= 0.6 is 11.6 Å². The summed E-state index contributed by atoms with van der Waals surface area (Å²) in [6, 6.07) is 10.5. The zero-order valence-electron chi connectivity index (χ0n) is 14.7. The number of fused-ring (bicyclic) bond motifs is 3. The summed E-state index contributed by atoms with van der Waals surface area (Å²) in [7, 11) is 0. The van der Waals surface area contributed by atoms with Crippen LogP contribution in [0.25, 0.3) is 16.6 Å². The number of rotatable bonds is 3. The number of aromatic amines is 2. The fourth-order valence-corrected chi connectivity index (χ4v) is 3.56. The Morgan fingerprint density at radius 1 is 1.07 bits per heavy atom. The van der Waals surface area contributed by atoms with Gasteiger partial charge < -0.3 is 5.32 Å². The highest BCUT2D eigenvalue weighted by Crippen LogP contribution is 2.38. The number of benzene rings is 2. The van der Waals surface area contributed by atoms with Gasteiger partial charge in [0.1, 0.15) is 11.2 Å². The number of nitrogens with zero attached hydrogens (tertiary/aromatic N) is 4. The summed E-state index contributed by atoms with van der Waals surface area (Å²) in [4.78, 5) is 16.0. The maximum Gasteiger partial charge on any atom is 0.295 e. The van der Waals surface area contributed by atoms with E-state index < -0.39 is 4.92 Å². The number of nitro groups is 1. The number of anilines is 1.